The van der Waals surface area contributed by atoms with E-state index in [-0.39, 0.29) is 12.3 Å². The number of methoxy groups -OCH3 is 1. The van der Waals surface area contributed by atoms with E-state index in [1.807, 2.05) is 0 Å². The van der Waals surface area contributed by atoms with Crippen LogP contribution in [0.25, 0.3) is 0 Å². The number of rotatable bonds is 7. The van der Waals surface area contributed by atoms with Crippen molar-refractivity contribution in [2.75, 3.05) is 20.3 Å². The molecule has 1 aliphatic rings. The molecule has 1 aliphatic heterocycles. The zero-order valence-electron chi connectivity index (χ0n) is 10.9. The minimum absolute atomic E-state index is 0.00759. The minimum Gasteiger partial charge on any atom is -0.469 e. The number of carbonyl (C=O) groups excluding carboxylic acids is 1. The predicted octanol–water partition coefficient (Wildman–Crippen LogP) is 2.51. The first kappa shape index (κ1) is 14.5. The Morgan fingerprint density at radius 2 is 2.29 bits per heavy atom. The van der Waals surface area contributed by atoms with Gasteiger partial charge in [-0.25, -0.2) is 0 Å². The summed E-state index contributed by atoms with van der Waals surface area (Å²) in [5, 5.41) is 0. The summed E-state index contributed by atoms with van der Waals surface area (Å²) in [6, 6.07) is 0. The zero-order chi connectivity index (χ0) is 12.5. The number of hydrogen-bond acceptors (Lipinski definition) is 4. The van der Waals surface area contributed by atoms with Gasteiger partial charge in [-0.15, -0.1) is 0 Å². The van der Waals surface area contributed by atoms with Crippen molar-refractivity contribution in [3.63, 3.8) is 0 Å². The quantitative estimate of drug-likeness (QED) is 0.645. The normalized spacial score (nSPS) is 22.1. The van der Waals surface area contributed by atoms with Crippen molar-refractivity contribution < 1.29 is 19.0 Å². The SMILES string of the molecule is COC(=O)CCC[C@H](C)COC1CCCCO1. The molecule has 4 nitrogen and oxygen atoms in total. The molecule has 1 unspecified atom stereocenters. The largest absolute Gasteiger partial charge is 0.469 e. The summed E-state index contributed by atoms with van der Waals surface area (Å²) in [6.45, 7) is 3.67. The van der Waals surface area contributed by atoms with E-state index < -0.39 is 0 Å². The molecule has 17 heavy (non-hydrogen) atoms. The third kappa shape index (κ3) is 6.64. The monoisotopic (exact) mass is 244 g/mol. The molecule has 0 spiro atoms. The molecule has 0 aromatic carbocycles. The molecule has 0 radical (unpaired) electrons. The second-order valence-corrected chi connectivity index (χ2v) is 4.70. The van der Waals surface area contributed by atoms with Crippen LogP contribution in [-0.4, -0.2) is 32.6 Å². The number of ether oxygens (including phenoxy) is 3. The van der Waals surface area contributed by atoms with Gasteiger partial charge in [-0.1, -0.05) is 6.92 Å². The topological polar surface area (TPSA) is 44.8 Å². The van der Waals surface area contributed by atoms with E-state index in [2.05, 4.69) is 11.7 Å². The van der Waals surface area contributed by atoms with Crippen molar-refractivity contribution in [1.82, 2.24) is 0 Å². The number of esters is 1. The van der Waals surface area contributed by atoms with E-state index >= 15 is 0 Å². The average Bonchev–Trinajstić information content (AvgIpc) is 2.37. The highest BCUT2D eigenvalue weighted by molar-refractivity contribution is 5.68. The van der Waals surface area contributed by atoms with Crippen LogP contribution < -0.4 is 0 Å². The van der Waals surface area contributed by atoms with E-state index in [4.69, 9.17) is 9.47 Å². The minimum atomic E-state index is -0.131. The van der Waals surface area contributed by atoms with Crippen LogP contribution in [0.3, 0.4) is 0 Å². The lowest BCUT2D eigenvalue weighted by Crippen LogP contribution is -2.24. The zero-order valence-corrected chi connectivity index (χ0v) is 10.9. The van der Waals surface area contributed by atoms with Crippen LogP contribution >= 0.6 is 0 Å². The van der Waals surface area contributed by atoms with Crippen LogP contribution in [0.15, 0.2) is 0 Å². The van der Waals surface area contributed by atoms with E-state index in [1.54, 1.807) is 0 Å². The van der Waals surface area contributed by atoms with Crippen molar-refractivity contribution in [3.05, 3.63) is 0 Å². The van der Waals surface area contributed by atoms with Crippen LogP contribution in [0.5, 0.6) is 0 Å². The smallest absolute Gasteiger partial charge is 0.305 e. The van der Waals surface area contributed by atoms with Gasteiger partial charge in [0.05, 0.1) is 13.7 Å². The van der Waals surface area contributed by atoms with Crippen molar-refractivity contribution >= 4 is 5.97 Å². The Hall–Kier alpha value is -0.610. The lowest BCUT2D eigenvalue weighted by molar-refractivity contribution is -0.168. The molecule has 100 valence electrons. The van der Waals surface area contributed by atoms with E-state index in [0.717, 1.165) is 32.3 Å². The lowest BCUT2D eigenvalue weighted by Gasteiger charge is -2.24. The second kappa shape index (κ2) is 8.48. The molecule has 1 heterocycles. The molecule has 0 saturated carbocycles. The van der Waals surface area contributed by atoms with E-state index in [1.165, 1.54) is 13.5 Å². The highest BCUT2D eigenvalue weighted by Crippen LogP contribution is 2.16. The van der Waals surface area contributed by atoms with Gasteiger partial charge in [0, 0.05) is 13.0 Å². The Morgan fingerprint density at radius 3 is 2.94 bits per heavy atom. The summed E-state index contributed by atoms with van der Waals surface area (Å²) in [5.41, 5.74) is 0. The van der Waals surface area contributed by atoms with Crippen LogP contribution in [0, 0.1) is 5.92 Å². The molecule has 4 heteroatoms. The van der Waals surface area contributed by atoms with Gasteiger partial charge in [0.25, 0.3) is 0 Å². The summed E-state index contributed by atoms with van der Waals surface area (Å²) >= 11 is 0. The van der Waals surface area contributed by atoms with Gasteiger partial charge in [-0.3, -0.25) is 4.79 Å². The third-order valence-corrected chi connectivity index (χ3v) is 3.01. The Balaban J connectivity index is 2.00. The molecule has 0 aromatic heterocycles. The predicted molar refractivity (Wildman–Crippen MR) is 64.6 cm³/mol. The first-order chi connectivity index (χ1) is 8.22. The first-order valence-corrected chi connectivity index (χ1v) is 6.52. The molecule has 1 saturated heterocycles. The van der Waals surface area contributed by atoms with Crippen molar-refractivity contribution in [2.45, 2.75) is 51.7 Å². The maximum atomic E-state index is 10.9. The summed E-state index contributed by atoms with van der Waals surface area (Å²) in [7, 11) is 1.43. The Morgan fingerprint density at radius 1 is 1.47 bits per heavy atom. The summed E-state index contributed by atoms with van der Waals surface area (Å²) < 4.78 is 15.8. The third-order valence-electron chi connectivity index (χ3n) is 3.01. The van der Waals surface area contributed by atoms with Gasteiger partial charge >= 0.3 is 5.97 Å². The van der Waals surface area contributed by atoms with Crippen LogP contribution in [0.1, 0.15) is 45.4 Å². The summed E-state index contributed by atoms with van der Waals surface area (Å²) in [5.74, 6) is 0.332. The molecule has 0 amide bonds. The number of carbonyl (C=O) groups is 1. The molecule has 0 bridgehead atoms. The van der Waals surface area contributed by atoms with Crippen LogP contribution in [0.4, 0.5) is 0 Å². The molecule has 0 N–H and O–H groups in total. The second-order valence-electron chi connectivity index (χ2n) is 4.70. The Labute approximate surface area is 104 Å². The Kier molecular flexibility index (Phi) is 7.21. The standard InChI is InChI=1S/C13H24O4/c1-11(6-5-7-12(14)15-2)10-17-13-8-3-4-9-16-13/h11,13H,3-10H2,1-2H3/t11-,13?/m0/s1. The van der Waals surface area contributed by atoms with Crippen molar-refractivity contribution in [1.29, 1.82) is 0 Å². The van der Waals surface area contributed by atoms with E-state index in [9.17, 15) is 4.79 Å². The summed E-state index contributed by atoms with van der Waals surface area (Å²) in [6.07, 6.45) is 5.70. The molecular weight excluding hydrogens is 220 g/mol. The number of hydrogen-bond donors (Lipinski definition) is 0. The molecule has 1 fully saturated rings. The van der Waals surface area contributed by atoms with Crippen LogP contribution in [0.2, 0.25) is 0 Å². The Bertz CT molecular complexity index is 211. The van der Waals surface area contributed by atoms with Crippen LogP contribution in [-0.2, 0) is 19.0 Å². The van der Waals surface area contributed by atoms with Crippen molar-refractivity contribution in [2.24, 2.45) is 5.92 Å². The molecule has 0 aromatic rings. The van der Waals surface area contributed by atoms with Gasteiger partial charge < -0.3 is 14.2 Å². The van der Waals surface area contributed by atoms with Gasteiger partial charge in [0.15, 0.2) is 6.29 Å². The van der Waals surface area contributed by atoms with Gasteiger partial charge in [-0.2, -0.15) is 0 Å². The molecule has 2 atom stereocenters. The molecular formula is C13H24O4. The fraction of sp³-hybridized carbons (Fsp3) is 0.923. The first-order valence-electron chi connectivity index (χ1n) is 6.52. The van der Waals surface area contributed by atoms with E-state index in [0.29, 0.717) is 18.9 Å². The maximum absolute atomic E-state index is 10.9. The van der Waals surface area contributed by atoms with Gasteiger partial charge in [0.1, 0.15) is 0 Å². The molecule has 1 rings (SSSR count). The fourth-order valence-corrected chi connectivity index (χ4v) is 1.89. The van der Waals surface area contributed by atoms with Crippen molar-refractivity contribution in [3.8, 4) is 0 Å². The van der Waals surface area contributed by atoms with Gasteiger partial charge in [-0.05, 0) is 38.0 Å². The fourth-order valence-electron chi connectivity index (χ4n) is 1.89. The lowest BCUT2D eigenvalue weighted by atomic mass is 10.1. The molecule has 0 aliphatic carbocycles. The van der Waals surface area contributed by atoms with Gasteiger partial charge in [0.2, 0.25) is 0 Å². The summed E-state index contributed by atoms with van der Waals surface area (Å²) in [4.78, 5) is 10.9. The average molecular weight is 244 g/mol. The highest BCUT2D eigenvalue weighted by Gasteiger charge is 2.15. The maximum Gasteiger partial charge on any atom is 0.305 e. The highest BCUT2D eigenvalue weighted by atomic mass is 16.7.